The van der Waals surface area contributed by atoms with Crippen LogP contribution in [0.5, 0.6) is 5.75 Å². The highest BCUT2D eigenvalue weighted by atomic mass is 16.5. The number of carbonyl (C=O) groups is 1. The summed E-state index contributed by atoms with van der Waals surface area (Å²) in [6.45, 7) is 2.63. The number of carbonyl (C=O) groups excluding carboxylic acids is 1. The third-order valence-corrected chi connectivity index (χ3v) is 3.44. The average molecular weight is 268 g/mol. The lowest BCUT2D eigenvalue weighted by Crippen LogP contribution is -2.43. The van der Waals surface area contributed by atoms with Crippen molar-refractivity contribution in [1.82, 2.24) is 4.98 Å². The third-order valence-electron chi connectivity index (χ3n) is 3.44. The maximum absolute atomic E-state index is 12.7. The Labute approximate surface area is 118 Å². The maximum atomic E-state index is 12.7. The van der Waals surface area contributed by atoms with Crippen molar-refractivity contribution in [2.24, 2.45) is 0 Å². The van der Waals surface area contributed by atoms with E-state index in [9.17, 15) is 4.79 Å². The van der Waals surface area contributed by atoms with Crippen molar-refractivity contribution in [3.8, 4) is 5.75 Å². The molecular formula is C16H16N2O2. The van der Waals surface area contributed by atoms with Gasteiger partial charge in [0.1, 0.15) is 11.9 Å². The normalized spacial score (nSPS) is 17.2. The van der Waals surface area contributed by atoms with Gasteiger partial charge in [-0.1, -0.05) is 19.1 Å². The summed E-state index contributed by atoms with van der Waals surface area (Å²) in [7, 11) is 0. The minimum Gasteiger partial charge on any atom is -0.486 e. The molecule has 1 atom stereocenters. The van der Waals surface area contributed by atoms with E-state index in [0.717, 1.165) is 17.9 Å². The Hall–Kier alpha value is -2.36. The van der Waals surface area contributed by atoms with E-state index >= 15 is 0 Å². The Morgan fingerprint density at radius 2 is 2.20 bits per heavy atom. The van der Waals surface area contributed by atoms with E-state index < -0.39 is 0 Å². The predicted molar refractivity (Wildman–Crippen MR) is 77.1 cm³/mol. The standard InChI is InChI=1S/C16H16N2O2/c1-2-13-11-18(14-7-3-4-8-15(14)20-13)16(19)12-6-5-9-17-10-12/h3-10,13H,2,11H2,1H3. The summed E-state index contributed by atoms with van der Waals surface area (Å²) in [5, 5.41) is 0. The zero-order valence-electron chi connectivity index (χ0n) is 11.3. The van der Waals surface area contributed by atoms with Crippen LogP contribution in [0.1, 0.15) is 23.7 Å². The van der Waals surface area contributed by atoms with Crippen LogP contribution in [0.4, 0.5) is 5.69 Å². The van der Waals surface area contributed by atoms with Gasteiger partial charge in [-0.15, -0.1) is 0 Å². The van der Waals surface area contributed by atoms with Crippen LogP contribution in [0.3, 0.4) is 0 Å². The van der Waals surface area contributed by atoms with Crippen molar-refractivity contribution in [2.75, 3.05) is 11.4 Å². The minimum absolute atomic E-state index is 0.0329. The quantitative estimate of drug-likeness (QED) is 0.841. The minimum atomic E-state index is -0.0349. The molecule has 3 rings (SSSR count). The molecule has 1 aliphatic rings. The Balaban J connectivity index is 1.98. The lowest BCUT2D eigenvalue weighted by molar-refractivity contribution is 0.0954. The molecule has 0 spiro atoms. The number of fused-ring (bicyclic) bond motifs is 1. The summed E-state index contributed by atoms with van der Waals surface area (Å²) >= 11 is 0. The van der Waals surface area contributed by atoms with E-state index in [1.165, 1.54) is 0 Å². The number of para-hydroxylation sites is 2. The van der Waals surface area contributed by atoms with Crippen molar-refractivity contribution in [2.45, 2.75) is 19.4 Å². The van der Waals surface area contributed by atoms with E-state index in [1.54, 1.807) is 29.4 Å². The molecule has 0 saturated carbocycles. The molecule has 0 aliphatic carbocycles. The fourth-order valence-electron chi connectivity index (χ4n) is 2.35. The number of hydrogen-bond acceptors (Lipinski definition) is 3. The van der Waals surface area contributed by atoms with Gasteiger partial charge >= 0.3 is 0 Å². The SMILES string of the molecule is CCC1CN(C(=O)c2cccnc2)c2ccccc2O1. The van der Waals surface area contributed by atoms with Gasteiger partial charge in [-0.3, -0.25) is 9.78 Å². The number of anilines is 1. The predicted octanol–water partition coefficient (Wildman–Crippen LogP) is 2.90. The molecule has 1 aliphatic heterocycles. The second-order valence-corrected chi connectivity index (χ2v) is 4.77. The number of amides is 1. The van der Waals surface area contributed by atoms with Crippen LogP contribution in [-0.2, 0) is 0 Å². The number of ether oxygens (including phenoxy) is 1. The van der Waals surface area contributed by atoms with E-state index in [2.05, 4.69) is 11.9 Å². The molecule has 0 radical (unpaired) electrons. The van der Waals surface area contributed by atoms with Crippen molar-refractivity contribution in [3.63, 3.8) is 0 Å². The lowest BCUT2D eigenvalue weighted by atomic mass is 10.1. The summed E-state index contributed by atoms with van der Waals surface area (Å²) in [5.41, 5.74) is 1.42. The molecule has 20 heavy (non-hydrogen) atoms. The van der Waals surface area contributed by atoms with Gasteiger partial charge in [0.25, 0.3) is 5.91 Å². The number of aromatic nitrogens is 1. The second-order valence-electron chi connectivity index (χ2n) is 4.77. The summed E-state index contributed by atoms with van der Waals surface area (Å²) in [6, 6.07) is 11.2. The summed E-state index contributed by atoms with van der Waals surface area (Å²) in [5.74, 6) is 0.732. The maximum Gasteiger partial charge on any atom is 0.260 e. The van der Waals surface area contributed by atoms with Gasteiger partial charge in [0.15, 0.2) is 0 Å². The average Bonchev–Trinajstić information content (AvgIpc) is 2.54. The summed E-state index contributed by atoms with van der Waals surface area (Å²) < 4.78 is 5.89. The van der Waals surface area contributed by atoms with Gasteiger partial charge in [-0.25, -0.2) is 0 Å². The van der Waals surface area contributed by atoms with Crippen molar-refractivity contribution in [1.29, 1.82) is 0 Å². The Bertz CT molecular complexity index is 613. The van der Waals surface area contributed by atoms with E-state index in [0.29, 0.717) is 12.1 Å². The molecule has 0 fully saturated rings. The molecule has 2 heterocycles. The third kappa shape index (κ3) is 2.25. The second kappa shape index (κ2) is 5.33. The van der Waals surface area contributed by atoms with Crippen molar-refractivity contribution in [3.05, 3.63) is 54.4 Å². The van der Waals surface area contributed by atoms with Crippen LogP contribution in [-0.4, -0.2) is 23.5 Å². The van der Waals surface area contributed by atoms with Gasteiger partial charge in [0.2, 0.25) is 0 Å². The number of pyridine rings is 1. The van der Waals surface area contributed by atoms with Gasteiger partial charge in [-0.2, -0.15) is 0 Å². The molecule has 1 amide bonds. The molecule has 0 saturated heterocycles. The lowest BCUT2D eigenvalue weighted by Gasteiger charge is -2.34. The number of hydrogen-bond donors (Lipinski definition) is 0. The Morgan fingerprint density at radius 3 is 2.95 bits per heavy atom. The molecule has 2 aromatic rings. The molecule has 1 aromatic heterocycles. The van der Waals surface area contributed by atoms with Gasteiger partial charge in [-0.05, 0) is 30.7 Å². The first-order valence-electron chi connectivity index (χ1n) is 6.77. The molecule has 0 bridgehead atoms. The van der Waals surface area contributed by atoms with Crippen LogP contribution in [0.25, 0.3) is 0 Å². The number of rotatable bonds is 2. The first-order chi connectivity index (χ1) is 9.79. The molecule has 4 heteroatoms. The molecule has 1 aromatic carbocycles. The van der Waals surface area contributed by atoms with Crippen molar-refractivity contribution >= 4 is 11.6 Å². The van der Waals surface area contributed by atoms with Crippen LogP contribution >= 0.6 is 0 Å². The smallest absolute Gasteiger partial charge is 0.260 e. The Morgan fingerprint density at radius 1 is 1.35 bits per heavy atom. The van der Waals surface area contributed by atoms with E-state index in [-0.39, 0.29) is 12.0 Å². The highest BCUT2D eigenvalue weighted by Crippen LogP contribution is 2.34. The van der Waals surface area contributed by atoms with Crippen LogP contribution < -0.4 is 9.64 Å². The zero-order chi connectivity index (χ0) is 13.9. The number of benzene rings is 1. The molecule has 1 unspecified atom stereocenters. The fourth-order valence-corrected chi connectivity index (χ4v) is 2.35. The zero-order valence-corrected chi connectivity index (χ0v) is 11.3. The van der Waals surface area contributed by atoms with Crippen LogP contribution in [0.15, 0.2) is 48.8 Å². The highest BCUT2D eigenvalue weighted by Gasteiger charge is 2.29. The summed E-state index contributed by atoms with van der Waals surface area (Å²) in [4.78, 5) is 18.5. The highest BCUT2D eigenvalue weighted by molar-refractivity contribution is 6.07. The first kappa shape index (κ1) is 12.7. The van der Waals surface area contributed by atoms with Crippen LogP contribution in [0.2, 0.25) is 0 Å². The van der Waals surface area contributed by atoms with Gasteiger partial charge in [0.05, 0.1) is 17.8 Å². The molecule has 0 N–H and O–H groups in total. The Kier molecular flexibility index (Phi) is 3.37. The van der Waals surface area contributed by atoms with E-state index in [1.807, 2.05) is 24.3 Å². The monoisotopic (exact) mass is 268 g/mol. The molecule has 102 valence electrons. The largest absolute Gasteiger partial charge is 0.486 e. The summed E-state index contributed by atoms with van der Waals surface area (Å²) in [6.07, 6.45) is 4.16. The fraction of sp³-hybridized carbons (Fsp3) is 0.250. The topological polar surface area (TPSA) is 42.4 Å². The first-order valence-corrected chi connectivity index (χ1v) is 6.77. The van der Waals surface area contributed by atoms with Gasteiger partial charge < -0.3 is 9.64 Å². The number of nitrogens with zero attached hydrogens (tertiary/aromatic N) is 2. The van der Waals surface area contributed by atoms with Gasteiger partial charge in [0, 0.05) is 12.4 Å². The van der Waals surface area contributed by atoms with Crippen LogP contribution in [0, 0.1) is 0 Å². The van der Waals surface area contributed by atoms with Crippen molar-refractivity contribution < 1.29 is 9.53 Å². The van der Waals surface area contributed by atoms with E-state index in [4.69, 9.17) is 4.74 Å². The molecule has 4 nitrogen and oxygen atoms in total. The molecular weight excluding hydrogens is 252 g/mol.